The summed E-state index contributed by atoms with van der Waals surface area (Å²) in [6, 6.07) is 16.1. The van der Waals surface area contributed by atoms with Crippen molar-refractivity contribution in [1.82, 2.24) is 0 Å². The zero-order chi connectivity index (χ0) is 26.9. The number of allylic oxidation sites excluding steroid dienone is 4. The van der Waals surface area contributed by atoms with Crippen LogP contribution < -0.4 is 6.54 Å². The summed E-state index contributed by atoms with van der Waals surface area (Å²) in [6.07, 6.45) is 8.89. The number of benzene rings is 3. The first-order chi connectivity index (χ1) is 17.2. The molecule has 0 spiro atoms. The van der Waals surface area contributed by atoms with Gasteiger partial charge in [-0.15, -0.1) is 24.8 Å². The summed E-state index contributed by atoms with van der Waals surface area (Å²) in [7, 11) is 0. The molecule has 0 saturated carbocycles. The molecule has 1 unspecified atom stereocenters. The van der Waals surface area contributed by atoms with Crippen LogP contribution in [0.1, 0.15) is 81.3 Å². The molecule has 5 rings (SSSR count). The van der Waals surface area contributed by atoms with E-state index in [0.29, 0.717) is 0 Å². The molecule has 2 aliphatic carbocycles. The molecule has 0 nitrogen and oxygen atoms in total. The topological polar surface area (TPSA) is 0 Å². The normalized spacial score (nSPS) is 15.6. The molecule has 0 N–H and O–H groups in total. The van der Waals surface area contributed by atoms with E-state index in [2.05, 4.69) is 110 Å². The Morgan fingerprint density at radius 3 is 2.05 bits per heavy atom. The van der Waals surface area contributed by atoms with Crippen molar-refractivity contribution in [3.8, 4) is 11.1 Å². The molecule has 0 bridgehead atoms. The minimum atomic E-state index is -3.59. The molecule has 207 valence electrons. The van der Waals surface area contributed by atoms with Gasteiger partial charge in [0.2, 0.25) is 0 Å². The third-order valence-corrected chi connectivity index (χ3v) is 19.3. The van der Waals surface area contributed by atoms with E-state index in [1.54, 1.807) is 3.27 Å². The first-order valence-corrected chi connectivity index (χ1v) is 19.3. The summed E-state index contributed by atoms with van der Waals surface area (Å²) in [5, 5.41) is 0.809. The molecule has 4 heteroatoms. The van der Waals surface area contributed by atoms with Crippen LogP contribution in [0.5, 0.6) is 0 Å². The van der Waals surface area contributed by atoms with Crippen LogP contribution in [0.2, 0.25) is 5.02 Å². The second-order valence-corrected chi connectivity index (χ2v) is 22.3. The van der Waals surface area contributed by atoms with Crippen LogP contribution in [0, 0.1) is 13.8 Å². The van der Waals surface area contributed by atoms with Crippen molar-refractivity contribution in [2.24, 2.45) is 0 Å². The first-order valence-electron chi connectivity index (χ1n) is 13.5. The molecule has 0 amide bonds. The third kappa shape index (κ3) is 5.51. The molecule has 0 aromatic heterocycles. The molecular weight excluding hydrogens is 618 g/mol. The van der Waals surface area contributed by atoms with Gasteiger partial charge in [-0.2, -0.15) is 0 Å². The van der Waals surface area contributed by atoms with Gasteiger partial charge in [0.15, 0.2) is 0 Å². The van der Waals surface area contributed by atoms with E-state index in [1.165, 1.54) is 51.1 Å². The molecule has 0 aliphatic heterocycles. The fourth-order valence-electron chi connectivity index (χ4n) is 6.79. The molecular formula is C35H42Cl3Zr. The summed E-state index contributed by atoms with van der Waals surface area (Å²) >= 11 is 3.04. The molecule has 1 atom stereocenters. The summed E-state index contributed by atoms with van der Waals surface area (Å²) in [4.78, 5) is 0. The van der Waals surface area contributed by atoms with E-state index in [9.17, 15) is 0 Å². The van der Waals surface area contributed by atoms with Crippen LogP contribution in [-0.2, 0) is 37.0 Å². The second-order valence-electron chi connectivity index (χ2n) is 13.2. The zero-order valence-corrected chi connectivity index (χ0v) is 29.4. The van der Waals surface area contributed by atoms with Gasteiger partial charge >= 0.3 is 235 Å². The van der Waals surface area contributed by atoms with Crippen LogP contribution in [-0.4, -0.2) is 4.21 Å². The predicted molar refractivity (Wildman–Crippen MR) is 176 cm³/mol. The van der Waals surface area contributed by atoms with Gasteiger partial charge in [0, 0.05) is 0 Å². The number of aryl methyl sites for hydroxylation is 1. The van der Waals surface area contributed by atoms with Gasteiger partial charge in [0.05, 0.1) is 0 Å². The molecule has 2 aliphatic rings. The number of hydrogen-bond donors (Lipinski definition) is 0. The van der Waals surface area contributed by atoms with Gasteiger partial charge in [0.25, 0.3) is 0 Å². The molecule has 39 heavy (non-hydrogen) atoms. The maximum atomic E-state index is 6.63. The van der Waals surface area contributed by atoms with Crippen molar-refractivity contribution in [1.29, 1.82) is 0 Å². The SMILES string of the molecule is Cl.Cl.[CH2]=[Zr]([C]1=CC=CC1)([c]1cccc(Cl)c1)[c]1c(C)c(C(C)(C)C)cc2c1Cc1cc(C)c(C(C)(C)C)cc1-2. The second kappa shape index (κ2) is 11.2. The van der Waals surface area contributed by atoms with Crippen LogP contribution in [0.3, 0.4) is 0 Å². The Bertz CT molecular complexity index is 1540. The summed E-state index contributed by atoms with van der Waals surface area (Å²) in [6.45, 7) is 18.7. The Balaban J connectivity index is 0.00000210. The van der Waals surface area contributed by atoms with Crippen molar-refractivity contribution in [3.05, 3.63) is 102 Å². The molecule has 0 fully saturated rings. The zero-order valence-electron chi connectivity index (χ0n) is 24.6. The fraction of sp³-hybridized carbons (Fsp3) is 0.343. The monoisotopic (exact) mass is 657 g/mol. The van der Waals surface area contributed by atoms with Gasteiger partial charge < -0.3 is 0 Å². The molecule has 3 aromatic rings. The predicted octanol–water partition coefficient (Wildman–Crippen LogP) is 9.35. The first kappa shape index (κ1) is 32.3. The van der Waals surface area contributed by atoms with Crippen LogP contribution in [0.25, 0.3) is 11.1 Å². The Morgan fingerprint density at radius 1 is 0.846 bits per heavy atom. The van der Waals surface area contributed by atoms with Crippen molar-refractivity contribution in [3.63, 3.8) is 0 Å². The van der Waals surface area contributed by atoms with E-state index in [1.807, 2.05) is 6.07 Å². The molecule has 0 heterocycles. The van der Waals surface area contributed by atoms with Crippen molar-refractivity contribution >= 4 is 47.2 Å². The minimum absolute atomic E-state index is 0. The van der Waals surface area contributed by atoms with Gasteiger partial charge in [-0.25, -0.2) is 0 Å². The van der Waals surface area contributed by atoms with Crippen LogP contribution in [0.15, 0.2) is 64.0 Å². The fourth-order valence-corrected chi connectivity index (χ4v) is 17.3. The molecule has 3 aromatic carbocycles. The number of rotatable bonds is 3. The Kier molecular flexibility index (Phi) is 9.28. The average molecular weight is 660 g/mol. The third-order valence-electron chi connectivity index (χ3n) is 8.48. The van der Waals surface area contributed by atoms with Crippen LogP contribution in [0.4, 0.5) is 0 Å². The summed E-state index contributed by atoms with van der Waals surface area (Å²) < 4.78 is 9.75. The van der Waals surface area contributed by atoms with Gasteiger partial charge in [-0.1, -0.05) is 0 Å². The standard InChI is InChI=1S/C23H29.C6H4Cl.C5H5.CH2.2ClH.Zr/c1-14-9-16-11-17-10-15(2)21(23(6,7)8)13-19(17)18(16)12-20(14)22(3,4)5;7-6-4-2-1-3-5-6;1-2-4-5-3-1;;;;/h9,12-13H,11H2,1-8H3;1-2,4-5H;1-3H,4H2;1H2;2*1H;. The van der Waals surface area contributed by atoms with Crippen molar-refractivity contribution in [2.75, 3.05) is 0 Å². The molecule has 0 radical (unpaired) electrons. The van der Waals surface area contributed by atoms with Gasteiger partial charge in [-0.05, 0) is 0 Å². The van der Waals surface area contributed by atoms with Crippen LogP contribution >= 0.6 is 36.4 Å². The quantitative estimate of drug-likeness (QED) is 0.206. The van der Waals surface area contributed by atoms with E-state index >= 15 is 0 Å². The number of hydrogen-bond acceptors (Lipinski definition) is 0. The number of fused-ring (bicyclic) bond motifs is 3. The van der Waals surface area contributed by atoms with E-state index < -0.39 is 19.8 Å². The van der Waals surface area contributed by atoms with Gasteiger partial charge in [-0.3, -0.25) is 0 Å². The Hall–Kier alpha value is -1.24. The Labute approximate surface area is 257 Å². The van der Waals surface area contributed by atoms with E-state index in [-0.39, 0.29) is 35.6 Å². The average Bonchev–Trinajstić information content (AvgIpc) is 3.44. The number of halogens is 3. The van der Waals surface area contributed by atoms with Gasteiger partial charge in [0.1, 0.15) is 0 Å². The summed E-state index contributed by atoms with van der Waals surface area (Å²) in [5.41, 5.74) is 11.7. The maximum absolute atomic E-state index is 6.63. The van der Waals surface area contributed by atoms with Crippen molar-refractivity contribution < 1.29 is 19.8 Å². The summed E-state index contributed by atoms with van der Waals surface area (Å²) in [5.74, 6) is 0. The molecule has 0 saturated heterocycles. The Morgan fingerprint density at radius 2 is 1.49 bits per heavy atom. The van der Waals surface area contributed by atoms with E-state index in [0.717, 1.165) is 17.9 Å². The van der Waals surface area contributed by atoms with E-state index in [4.69, 9.17) is 15.8 Å². The van der Waals surface area contributed by atoms with Crippen molar-refractivity contribution in [2.45, 2.75) is 79.1 Å².